The Morgan fingerprint density at radius 3 is 0.660 bits per heavy atom. The zero-order valence-corrected chi connectivity index (χ0v) is 71.2. The van der Waals surface area contributed by atoms with Gasteiger partial charge in [0.25, 0.3) is 0 Å². The molecule has 31 heteroatoms. The van der Waals surface area contributed by atoms with Gasteiger partial charge in [-0.25, -0.2) is 0 Å². The molecule has 3 aliphatic rings. The van der Waals surface area contributed by atoms with E-state index in [1.165, 1.54) is 154 Å². The Kier molecular flexibility index (Phi) is 84.4. The van der Waals surface area contributed by atoms with Gasteiger partial charge >= 0.3 is 131 Å². The number of aliphatic hydroxyl groups excluding tert-OH is 9. The minimum atomic E-state index is -5.39. The molecule has 0 aromatic heterocycles. The van der Waals surface area contributed by atoms with Gasteiger partial charge in [-0.3, -0.25) is 14.4 Å². The topological polar surface area (TPSA) is 461 Å². The first-order valence-corrected chi connectivity index (χ1v) is 40.5. The van der Waals surface area contributed by atoms with Crippen LogP contribution in [0.2, 0.25) is 0 Å². The van der Waals surface area contributed by atoms with Crippen LogP contribution >= 0.6 is 15.6 Å². The van der Waals surface area contributed by atoms with Crippen LogP contribution in [0, 0.1) is 0 Å². The number of phosphoric acid groups is 2. The molecule has 0 aromatic rings. The SMILES string of the molecule is CCCCCCCC/C=C\CCCCCCCC(=O)O[C@H](CO)[C@H]1OC[C@H](O)[C@H]1O.CCCCCCCC/C=C\CCCCCCCC(=O)O[C@H](CO)[C@H]1OC[C@H](O)[C@H]1O.CCCCCCCC/C=C\CCCCCCCC(=O)O[C@H](CO)[C@H]1OC[C@H](O)[C@H]1O.O=P([O-])([O-])[O-].O=P([O-])([O-])[O-].[Ca+2].[Ca+2].[Ca+2]. The molecular formula is C72H132Ca3O26P2. The molecule has 3 saturated heterocycles. The first kappa shape index (κ1) is 113. The zero-order chi connectivity index (χ0) is 75.1. The van der Waals surface area contributed by atoms with E-state index in [1.54, 1.807) is 0 Å². The summed E-state index contributed by atoms with van der Waals surface area (Å²) in [5.74, 6) is -1.20. The summed E-state index contributed by atoms with van der Waals surface area (Å²) < 4.78 is 48.4. The Labute approximate surface area is 706 Å². The number of ether oxygens (including phenoxy) is 6. The standard InChI is InChI=1S/3C24H44O6.3Ca.2H3O4P/c3*1-2-3-4-5-6-7-8-9-10-11-12-13-14-15-16-17-22(27)30-21(18-25)24-23(28)20(26)19-29-24;;;;2*1-5(2,3)4/h3*9-10,20-21,23-26,28H,2-8,11-19H2,1H3;;;;2*(H3,1,2,3,4)/q;;;3*+2;;/p-6/b3*10-9-;;;;;/t3*20-,21+,23+,24+;;;;;/m000...../s1. The van der Waals surface area contributed by atoms with E-state index >= 15 is 0 Å². The van der Waals surface area contributed by atoms with Crippen molar-refractivity contribution in [2.24, 2.45) is 0 Å². The number of hydrogen-bond acceptors (Lipinski definition) is 26. The van der Waals surface area contributed by atoms with Crippen LogP contribution in [0.15, 0.2) is 36.5 Å². The fraction of sp³-hybridized carbons (Fsp3) is 0.875. The normalized spacial score (nSPS) is 20.9. The summed E-state index contributed by atoms with van der Waals surface area (Å²) in [5, 5.41) is 86.1. The van der Waals surface area contributed by atoms with Crippen molar-refractivity contribution in [3.05, 3.63) is 36.5 Å². The third kappa shape index (κ3) is 71.9. The Balaban J connectivity index is -0.000000429. The van der Waals surface area contributed by atoms with Crippen molar-refractivity contribution in [1.29, 1.82) is 0 Å². The average Bonchev–Trinajstić information content (AvgIpc) is 1.73. The third-order valence-corrected chi connectivity index (χ3v) is 17.0. The van der Waals surface area contributed by atoms with E-state index in [4.69, 9.17) is 66.9 Å². The van der Waals surface area contributed by atoms with Crippen molar-refractivity contribution in [3.63, 3.8) is 0 Å². The van der Waals surface area contributed by atoms with Gasteiger partial charge < -0.3 is 113 Å². The van der Waals surface area contributed by atoms with E-state index in [9.17, 15) is 60.3 Å². The molecule has 9 N–H and O–H groups in total. The van der Waals surface area contributed by atoms with Crippen LogP contribution in [0.25, 0.3) is 0 Å². The number of aliphatic hydroxyl groups is 9. The maximum absolute atomic E-state index is 11.9. The minimum Gasteiger partial charge on any atom is -0.822 e. The predicted molar refractivity (Wildman–Crippen MR) is 387 cm³/mol. The molecule has 12 atom stereocenters. The molecule has 3 aliphatic heterocycles. The van der Waals surface area contributed by atoms with Gasteiger partial charge in [-0.15, -0.1) is 0 Å². The molecule has 3 heterocycles. The van der Waals surface area contributed by atoms with Gasteiger partial charge in [0.15, 0.2) is 18.3 Å². The molecule has 0 aliphatic carbocycles. The summed E-state index contributed by atoms with van der Waals surface area (Å²) in [5.41, 5.74) is 0. The second kappa shape index (κ2) is 77.1. The molecule has 0 radical (unpaired) electrons. The molecule has 0 amide bonds. The molecular weight excluding hydrogens is 1460 g/mol. The molecule has 0 unspecified atom stereocenters. The van der Waals surface area contributed by atoms with E-state index in [1.807, 2.05) is 0 Å². The number of hydrogen-bond donors (Lipinski definition) is 9. The molecule has 26 nitrogen and oxygen atoms in total. The van der Waals surface area contributed by atoms with E-state index in [2.05, 4.69) is 57.2 Å². The van der Waals surface area contributed by atoms with Crippen LogP contribution in [-0.2, 0) is 51.9 Å². The molecule has 0 saturated carbocycles. The van der Waals surface area contributed by atoms with Crippen LogP contribution in [-0.4, -0.2) is 290 Å². The first-order chi connectivity index (χ1) is 47.8. The van der Waals surface area contributed by atoms with Crippen LogP contribution in [0.3, 0.4) is 0 Å². The van der Waals surface area contributed by atoms with Crippen molar-refractivity contribution in [1.82, 2.24) is 0 Å². The summed E-state index contributed by atoms with van der Waals surface area (Å²) in [7, 11) is -10.8. The van der Waals surface area contributed by atoms with Crippen LogP contribution in [0.4, 0.5) is 0 Å². The third-order valence-electron chi connectivity index (χ3n) is 17.0. The van der Waals surface area contributed by atoms with E-state index in [0.717, 1.165) is 96.3 Å². The Morgan fingerprint density at radius 1 is 0.340 bits per heavy atom. The van der Waals surface area contributed by atoms with Crippen molar-refractivity contribution < 1.29 is 127 Å². The number of esters is 3. The summed E-state index contributed by atoms with van der Waals surface area (Å²) in [4.78, 5) is 87.1. The minimum absolute atomic E-state index is 0. The molecule has 0 bridgehead atoms. The van der Waals surface area contributed by atoms with Gasteiger partial charge in [0.05, 0.1) is 39.6 Å². The van der Waals surface area contributed by atoms with Gasteiger partial charge in [0, 0.05) is 19.3 Å². The smallest absolute Gasteiger partial charge is 0.822 e. The monoisotopic (exact) mass is 1590 g/mol. The number of rotatable bonds is 54. The summed E-state index contributed by atoms with van der Waals surface area (Å²) in [6.07, 6.45) is 49.6. The summed E-state index contributed by atoms with van der Waals surface area (Å²) in [6, 6.07) is 0. The fourth-order valence-corrected chi connectivity index (χ4v) is 11.2. The van der Waals surface area contributed by atoms with Crippen LogP contribution in [0.5, 0.6) is 0 Å². The van der Waals surface area contributed by atoms with Gasteiger partial charge in [0.1, 0.15) is 54.9 Å². The second-order valence-corrected chi connectivity index (χ2v) is 27.9. The van der Waals surface area contributed by atoms with Crippen molar-refractivity contribution in [2.45, 2.75) is 364 Å². The maximum Gasteiger partial charge on any atom is 2.00 e. The number of carbonyl (C=O) groups excluding carboxylic acids is 3. The van der Waals surface area contributed by atoms with Gasteiger partial charge in [-0.1, -0.05) is 211 Å². The Hall–Kier alpha value is 1.15. The zero-order valence-electron chi connectivity index (χ0n) is 62.8. The Bertz CT molecular complexity index is 1880. The largest absolute Gasteiger partial charge is 2.00 e. The molecule has 103 heavy (non-hydrogen) atoms. The summed E-state index contributed by atoms with van der Waals surface area (Å²) >= 11 is 0. The van der Waals surface area contributed by atoms with E-state index < -0.39 is 127 Å². The average molecular weight is 1600 g/mol. The number of unbranched alkanes of at least 4 members (excludes halogenated alkanes) is 33. The molecule has 592 valence electrons. The van der Waals surface area contributed by atoms with Crippen molar-refractivity contribution >= 4 is 147 Å². The molecule has 0 spiro atoms. The number of carbonyl (C=O) groups is 3. The predicted octanol–water partition coefficient (Wildman–Crippen LogP) is 5.35. The fourth-order valence-electron chi connectivity index (χ4n) is 11.2. The quantitative estimate of drug-likeness (QED) is 0.00924. The van der Waals surface area contributed by atoms with Crippen molar-refractivity contribution in [2.75, 3.05) is 39.6 Å². The van der Waals surface area contributed by atoms with Crippen molar-refractivity contribution in [3.8, 4) is 0 Å². The van der Waals surface area contributed by atoms with E-state index in [0.29, 0.717) is 19.3 Å². The van der Waals surface area contributed by atoms with Gasteiger partial charge in [-0.05, 0) is 96.3 Å². The maximum atomic E-state index is 11.9. The molecule has 0 aromatic carbocycles. The van der Waals surface area contributed by atoms with Gasteiger partial charge in [0.2, 0.25) is 0 Å². The number of allylic oxidation sites excluding steroid dienone is 6. The second-order valence-electron chi connectivity index (χ2n) is 26.1. The van der Waals surface area contributed by atoms with E-state index in [-0.39, 0.29) is 133 Å². The summed E-state index contributed by atoms with van der Waals surface area (Å²) in [6.45, 7) is 5.37. The molecule has 3 rings (SSSR count). The molecule has 3 fully saturated rings. The Morgan fingerprint density at radius 2 is 0.505 bits per heavy atom. The van der Waals surface area contributed by atoms with Gasteiger partial charge in [-0.2, -0.15) is 15.6 Å². The van der Waals surface area contributed by atoms with Crippen LogP contribution in [0.1, 0.15) is 290 Å². The first-order valence-electron chi connectivity index (χ1n) is 37.5. The van der Waals surface area contributed by atoms with Crippen LogP contribution < -0.4 is 29.4 Å².